The molecule has 2 N–H and O–H groups in total. The summed E-state index contributed by atoms with van der Waals surface area (Å²) in [5.74, 6) is 0. The molecule has 25 heavy (non-hydrogen) atoms. The van der Waals surface area contributed by atoms with Gasteiger partial charge in [0.15, 0.2) is 0 Å². The summed E-state index contributed by atoms with van der Waals surface area (Å²) in [5.41, 5.74) is 7.21. The summed E-state index contributed by atoms with van der Waals surface area (Å²) in [6.07, 6.45) is 0. The summed E-state index contributed by atoms with van der Waals surface area (Å²) >= 11 is 0. The Hall–Kier alpha value is -1.19. The largest absolute Gasteiger partial charge is 0.399 e. The molecule has 3 rings (SSSR count). The number of nitrogens with two attached hydrogens (primary N) is 1. The van der Waals surface area contributed by atoms with Crippen molar-refractivity contribution in [3.8, 4) is 0 Å². The molecule has 2 aliphatic rings. The summed E-state index contributed by atoms with van der Waals surface area (Å²) in [7, 11) is -3.44. The molecule has 0 aromatic heterocycles. The molecule has 140 valence electrons. The number of sulfonamides is 1. The number of ether oxygens (including phenoxy) is 1. The minimum absolute atomic E-state index is 0.334. The highest BCUT2D eigenvalue weighted by molar-refractivity contribution is 7.89. The van der Waals surface area contributed by atoms with Crippen molar-refractivity contribution in [3.63, 3.8) is 0 Å². The van der Waals surface area contributed by atoms with Crippen molar-refractivity contribution in [2.75, 3.05) is 71.3 Å². The molecule has 2 saturated heterocycles. The van der Waals surface area contributed by atoms with Gasteiger partial charge in [-0.1, -0.05) is 0 Å². The molecule has 0 amide bonds. The van der Waals surface area contributed by atoms with E-state index in [1.807, 2.05) is 6.92 Å². The lowest BCUT2D eigenvalue weighted by molar-refractivity contribution is 0.0317. The molecule has 1 aromatic rings. The molecule has 0 radical (unpaired) electrons. The van der Waals surface area contributed by atoms with Crippen molar-refractivity contribution < 1.29 is 13.2 Å². The third-order valence-corrected chi connectivity index (χ3v) is 6.94. The van der Waals surface area contributed by atoms with E-state index in [0.29, 0.717) is 23.7 Å². The molecule has 0 unspecified atom stereocenters. The standard InChI is InChI=1S/C17H28N4O3S/c1-15-14-16(2-3-17(15)18)25(22,23)21-8-6-19(7-9-21)4-5-20-10-12-24-13-11-20/h2-3,14H,4-13,18H2,1H3. The Bertz CT molecular complexity index is 681. The first kappa shape index (κ1) is 18.6. The first-order valence-corrected chi connectivity index (χ1v) is 10.3. The summed E-state index contributed by atoms with van der Waals surface area (Å²) in [6.45, 7) is 10.1. The Balaban J connectivity index is 1.53. The van der Waals surface area contributed by atoms with E-state index in [1.54, 1.807) is 22.5 Å². The van der Waals surface area contributed by atoms with E-state index in [9.17, 15) is 8.42 Å². The molecule has 0 atom stereocenters. The Labute approximate surface area is 150 Å². The van der Waals surface area contributed by atoms with Crippen LogP contribution in [0.5, 0.6) is 0 Å². The van der Waals surface area contributed by atoms with Crippen LogP contribution in [0.1, 0.15) is 5.56 Å². The number of piperazine rings is 1. The van der Waals surface area contributed by atoms with Gasteiger partial charge in [-0.15, -0.1) is 0 Å². The summed E-state index contributed by atoms with van der Waals surface area (Å²) in [5, 5.41) is 0. The van der Waals surface area contributed by atoms with Crippen LogP contribution in [0.3, 0.4) is 0 Å². The molecular weight excluding hydrogens is 340 g/mol. The first-order valence-electron chi connectivity index (χ1n) is 8.85. The highest BCUT2D eigenvalue weighted by Gasteiger charge is 2.28. The maximum absolute atomic E-state index is 12.8. The monoisotopic (exact) mass is 368 g/mol. The number of hydrogen-bond donors (Lipinski definition) is 1. The van der Waals surface area contributed by atoms with Gasteiger partial charge in [0.1, 0.15) is 0 Å². The smallest absolute Gasteiger partial charge is 0.243 e. The number of nitrogens with zero attached hydrogens (tertiary/aromatic N) is 3. The van der Waals surface area contributed by atoms with E-state index in [-0.39, 0.29) is 0 Å². The van der Waals surface area contributed by atoms with Crippen LogP contribution in [0, 0.1) is 6.92 Å². The number of rotatable bonds is 5. The number of nitrogen functional groups attached to an aromatic ring is 1. The Morgan fingerprint density at radius 3 is 2.20 bits per heavy atom. The van der Waals surface area contributed by atoms with Gasteiger partial charge in [0.25, 0.3) is 0 Å². The van der Waals surface area contributed by atoms with Gasteiger partial charge in [-0.25, -0.2) is 8.42 Å². The molecule has 0 aliphatic carbocycles. The molecule has 0 saturated carbocycles. The van der Waals surface area contributed by atoms with E-state index in [1.165, 1.54) is 0 Å². The highest BCUT2D eigenvalue weighted by atomic mass is 32.2. The van der Waals surface area contributed by atoms with Gasteiger partial charge < -0.3 is 10.5 Å². The van der Waals surface area contributed by atoms with Gasteiger partial charge in [0.05, 0.1) is 18.1 Å². The van der Waals surface area contributed by atoms with E-state index in [2.05, 4.69) is 9.80 Å². The van der Waals surface area contributed by atoms with E-state index >= 15 is 0 Å². The van der Waals surface area contributed by atoms with Gasteiger partial charge in [-0.3, -0.25) is 9.80 Å². The van der Waals surface area contributed by atoms with Crippen LogP contribution in [-0.2, 0) is 14.8 Å². The second-order valence-corrected chi connectivity index (χ2v) is 8.66. The minimum Gasteiger partial charge on any atom is -0.399 e. The summed E-state index contributed by atoms with van der Waals surface area (Å²) in [6, 6.07) is 4.93. The zero-order chi connectivity index (χ0) is 17.9. The number of benzene rings is 1. The van der Waals surface area contributed by atoms with E-state index in [4.69, 9.17) is 10.5 Å². The predicted octanol–water partition coefficient (Wildman–Crippen LogP) is 0.216. The predicted molar refractivity (Wildman–Crippen MR) is 98.0 cm³/mol. The van der Waals surface area contributed by atoms with Crippen LogP contribution >= 0.6 is 0 Å². The third-order valence-electron chi connectivity index (χ3n) is 5.05. The lowest BCUT2D eigenvalue weighted by Crippen LogP contribution is -2.50. The van der Waals surface area contributed by atoms with Crippen molar-refractivity contribution >= 4 is 15.7 Å². The zero-order valence-electron chi connectivity index (χ0n) is 14.9. The number of aryl methyl sites for hydroxylation is 1. The summed E-state index contributed by atoms with van der Waals surface area (Å²) < 4.78 is 32.6. The molecule has 7 nitrogen and oxygen atoms in total. The van der Waals surface area contributed by atoms with Gasteiger partial charge in [-0.2, -0.15) is 4.31 Å². The molecule has 2 fully saturated rings. The maximum atomic E-state index is 12.8. The quantitative estimate of drug-likeness (QED) is 0.749. The molecule has 0 spiro atoms. The summed E-state index contributed by atoms with van der Waals surface area (Å²) in [4.78, 5) is 5.08. The second kappa shape index (κ2) is 8.01. The fraction of sp³-hybridized carbons (Fsp3) is 0.647. The zero-order valence-corrected chi connectivity index (χ0v) is 15.7. The normalized spacial score (nSPS) is 21.5. The SMILES string of the molecule is Cc1cc(S(=O)(=O)N2CCN(CCN3CCOCC3)CC2)ccc1N. The second-order valence-electron chi connectivity index (χ2n) is 6.72. The number of anilines is 1. The van der Waals surface area contributed by atoms with Crippen molar-refractivity contribution in [2.24, 2.45) is 0 Å². The van der Waals surface area contributed by atoms with Crippen molar-refractivity contribution in [1.29, 1.82) is 0 Å². The van der Waals surface area contributed by atoms with Crippen LogP contribution in [0.2, 0.25) is 0 Å². The molecule has 8 heteroatoms. The lowest BCUT2D eigenvalue weighted by Gasteiger charge is -2.35. The highest BCUT2D eigenvalue weighted by Crippen LogP contribution is 2.21. The average molecular weight is 369 g/mol. The third kappa shape index (κ3) is 4.51. The first-order chi connectivity index (χ1) is 12.0. The topological polar surface area (TPSA) is 79.1 Å². The molecule has 0 bridgehead atoms. The molecular formula is C17H28N4O3S. The van der Waals surface area contributed by atoms with E-state index in [0.717, 1.165) is 58.0 Å². The van der Waals surface area contributed by atoms with Crippen LogP contribution in [0.15, 0.2) is 23.1 Å². The molecule has 2 aliphatic heterocycles. The van der Waals surface area contributed by atoms with Crippen molar-refractivity contribution in [1.82, 2.24) is 14.1 Å². The van der Waals surface area contributed by atoms with Crippen LogP contribution < -0.4 is 5.73 Å². The van der Waals surface area contributed by atoms with Crippen LogP contribution in [0.25, 0.3) is 0 Å². The Morgan fingerprint density at radius 2 is 1.60 bits per heavy atom. The molecule has 2 heterocycles. The van der Waals surface area contributed by atoms with Crippen molar-refractivity contribution in [2.45, 2.75) is 11.8 Å². The Morgan fingerprint density at radius 1 is 1.00 bits per heavy atom. The van der Waals surface area contributed by atoms with E-state index < -0.39 is 10.0 Å². The number of morpholine rings is 1. The fourth-order valence-corrected chi connectivity index (χ4v) is 4.77. The van der Waals surface area contributed by atoms with Gasteiger partial charge in [0.2, 0.25) is 10.0 Å². The average Bonchev–Trinajstić information content (AvgIpc) is 2.63. The lowest BCUT2D eigenvalue weighted by atomic mass is 10.2. The Kier molecular flexibility index (Phi) is 5.96. The van der Waals surface area contributed by atoms with Crippen LogP contribution in [0.4, 0.5) is 5.69 Å². The minimum atomic E-state index is -3.44. The van der Waals surface area contributed by atoms with Crippen molar-refractivity contribution in [3.05, 3.63) is 23.8 Å². The van der Waals surface area contributed by atoms with Gasteiger partial charge >= 0.3 is 0 Å². The molecule has 1 aromatic carbocycles. The van der Waals surface area contributed by atoms with Gasteiger partial charge in [0, 0.05) is 58.0 Å². The van der Waals surface area contributed by atoms with Crippen LogP contribution in [-0.4, -0.2) is 88.1 Å². The maximum Gasteiger partial charge on any atom is 0.243 e. The van der Waals surface area contributed by atoms with Gasteiger partial charge in [-0.05, 0) is 30.7 Å². The fourth-order valence-electron chi connectivity index (χ4n) is 3.26. The number of hydrogen-bond acceptors (Lipinski definition) is 6.